The van der Waals surface area contributed by atoms with Crippen LogP contribution in [0.4, 0.5) is 0 Å². The minimum Gasteiger partial charge on any atom is -0.299 e. The number of benzene rings is 1. The Bertz CT molecular complexity index is 536. The maximum Gasteiger partial charge on any atom is 0.151 e. The lowest BCUT2D eigenvalue weighted by atomic mass is 9.97. The maximum absolute atomic E-state index is 12.0. The van der Waals surface area contributed by atoms with Crippen LogP contribution in [0.3, 0.4) is 0 Å². The highest BCUT2D eigenvalue weighted by molar-refractivity contribution is 9.10. The van der Waals surface area contributed by atoms with Crippen LogP contribution in [0.1, 0.15) is 12.0 Å². The van der Waals surface area contributed by atoms with Gasteiger partial charge in [0.2, 0.25) is 0 Å². The number of rotatable bonds is 3. The molecule has 5 heteroatoms. The molecule has 0 aliphatic carbocycles. The Balaban J connectivity index is 2.06. The second kappa shape index (κ2) is 4.90. The fraction of sp³-hybridized carbons (Fsp3) is 0.417. The van der Waals surface area contributed by atoms with Gasteiger partial charge in [-0.25, -0.2) is 8.42 Å². The van der Waals surface area contributed by atoms with E-state index in [0.717, 1.165) is 10.0 Å². The highest BCUT2D eigenvalue weighted by atomic mass is 79.9. The van der Waals surface area contributed by atoms with E-state index in [-0.39, 0.29) is 23.2 Å². The molecule has 17 heavy (non-hydrogen) atoms. The topological polar surface area (TPSA) is 51.2 Å². The molecule has 1 aliphatic rings. The number of Topliss-reactive ketones (excluding diaryl/α,β-unsaturated/α-hetero) is 1. The molecule has 0 aromatic heterocycles. The van der Waals surface area contributed by atoms with Gasteiger partial charge < -0.3 is 0 Å². The Hall–Kier alpha value is -0.680. The molecule has 2 rings (SSSR count). The Morgan fingerprint density at radius 1 is 1.35 bits per heavy atom. The molecule has 1 fully saturated rings. The molecule has 0 bridgehead atoms. The summed E-state index contributed by atoms with van der Waals surface area (Å²) >= 11 is 3.39. The Morgan fingerprint density at radius 3 is 2.65 bits per heavy atom. The maximum atomic E-state index is 12.0. The van der Waals surface area contributed by atoms with E-state index >= 15 is 0 Å². The second-order valence-electron chi connectivity index (χ2n) is 4.33. The molecule has 3 nitrogen and oxygen atoms in total. The van der Waals surface area contributed by atoms with Crippen molar-refractivity contribution in [1.29, 1.82) is 0 Å². The zero-order valence-electron chi connectivity index (χ0n) is 9.23. The lowest BCUT2D eigenvalue weighted by Crippen LogP contribution is -2.18. The van der Waals surface area contributed by atoms with Crippen LogP contribution in [0, 0.1) is 5.92 Å². The standard InChI is InChI=1S/C12H13BrO3S/c13-11-4-2-1-3-9(11)7-12(14)10-5-6-17(15,16)8-10/h1-4,10H,5-8H2. The molecule has 1 aliphatic heterocycles. The zero-order chi connectivity index (χ0) is 12.5. The van der Waals surface area contributed by atoms with Gasteiger partial charge in [0, 0.05) is 16.8 Å². The average molecular weight is 317 g/mol. The van der Waals surface area contributed by atoms with Gasteiger partial charge in [0.15, 0.2) is 9.84 Å². The van der Waals surface area contributed by atoms with Crippen molar-refractivity contribution in [2.24, 2.45) is 5.92 Å². The third-order valence-corrected chi connectivity index (χ3v) is 5.55. The summed E-state index contributed by atoms with van der Waals surface area (Å²) in [6, 6.07) is 7.52. The third kappa shape index (κ3) is 3.16. The molecule has 1 aromatic rings. The molecule has 1 heterocycles. The number of ketones is 1. The van der Waals surface area contributed by atoms with Crippen molar-refractivity contribution in [2.45, 2.75) is 12.8 Å². The molecule has 1 unspecified atom stereocenters. The molecule has 0 radical (unpaired) electrons. The van der Waals surface area contributed by atoms with Crippen LogP contribution in [-0.2, 0) is 21.1 Å². The van der Waals surface area contributed by atoms with E-state index in [1.807, 2.05) is 24.3 Å². The fourth-order valence-corrected chi connectivity index (χ4v) is 4.22. The van der Waals surface area contributed by atoms with Crippen LogP contribution < -0.4 is 0 Å². The largest absolute Gasteiger partial charge is 0.299 e. The SMILES string of the molecule is O=C(Cc1ccccc1Br)C1CCS(=O)(=O)C1. The fourth-order valence-electron chi connectivity index (χ4n) is 2.02. The molecule has 0 spiro atoms. The van der Waals surface area contributed by atoms with Crippen molar-refractivity contribution in [3.63, 3.8) is 0 Å². The molecule has 0 N–H and O–H groups in total. The first-order valence-corrected chi connectivity index (χ1v) is 8.06. The number of carbonyl (C=O) groups is 1. The van der Waals surface area contributed by atoms with E-state index < -0.39 is 9.84 Å². The lowest BCUT2D eigenvalue weighted by Gasteiger charge is -2.07. The summed E-state index contributed by atoms with van der Waals surface area (Å²) in [5, 5.41) is 0. The molecular formula is C12H13BrO3S. The van der Waals surface area contributed by atoms with Gasteiger partial charge in [0.05, 0.1) is 11.5 Å². The third-order valence-electron chi connectivity index (χ3n) is 3.01. The normalized spacial score (nSPS) is 22.5. The molecular weight excluding hydrogens is 304 g/mol. The highest BCUT2D eigenvalue weighted by Gasteiger charge is 2.32. The molecule has 0 saturated carbocycles. The second-order valence-corrected chi connectivity index (χ2v) is 7.42. The van der Waals surface area contributed by atoms with E-state index in [1.165, 1.54) is 0 Å². The number of halogens is 1. The number of hydrogen-bond acceptors (Lipinski definition) is 3. The molecule has 1 aromatic carbocycles. The Kier molecular flexibility index (Phi) is 3.68. The van der Waals surface area contributed by atoms with Crippen LogP contribution in [0.5, 0.6) is 0 Å². The van der Waals surface area contributed by atoms with Gasteiger partial charge >= 0.3 is 0 Å². The smallest absolute Gasteiger partial charge is 0.151 e. The number of hydrogen-bond donors (Lipinski definition) is 0. The van der Waals surface area contributed by atoms with Crippen LogP contribution in [0.15, 0.2) is 28.7 Å². The summed E-state index contributed by atoms with van der Waals surface area (Å²) in [6.45, 7) is 0. The lowest BCUT2D eigenvalue weighted by molar-refractivity contribution is -0.121. The molecule has 92 valence electrons. The van der Waals surface area contributed by atoms with Gasteiger partial charge in [-0.05, 0) is 18.1 Å². The summed E-state index contributed by atoms with van der Waals surface area (Å²) in [6.07, 6.45) is 0.785. The van der Waals surface area contributed by atoms with Crippen LogP contribution in [-0.4, -0.2) is 25.7 Å². The summed E-state index contributed by atoms with van der Waals surface area (Å²) < 4.78 is 23.5. The van der Waals surface area contributed by atoms with E-state index in [4.69, 9.17) is 0 Å². The Morgan fingerprint density at radius 2 is 2.06 bits per heavy atom. The minimum absolute atomic E-state index is 0.0241. The number of sulfone groups is 1. The van der Waals surface area contributed by atoms with E-state index in [2.05, 4.69) is 15.9 Å². The molecule has 0 amide bonds. The predicted molar refractivity (Wildman–Crippen MR) is 69.6 cm³/mol. The highest BCUT2D eigenvalue weighted by Crippen LogP contribution is 2.23. The van der Waals surface area contributed by atoms with E-state index in [9.17, 15) is 13.2 Å². The summed E-state index contributed by atoms with van der Waals surface area (Å²) in [4.78, 5) is 12.0. The van der Waals surface area contributed by atoms with Crippen LogP contribution in [0.25, 0.3) is 0 Å². The average Bonchev–Trinajstić information content (AvgIpc) is 2.62. The summed E-state index contributed by atoms with van der Waals surface area (Å²) in [5.41, 5.74) is 0.918. The first-order valence-electron chi connectivity index (χ1n) is 5.44. The van der Waals surface area contributed by atoms with Crippen LogP contribution >= 0.6 is 15.9 Å². The van der Waals surface area contributed by atoms with Crippen molar-refractivity contribution < 1.29 is 13.2 Å². The van der Waals surface area contributed by atoms with E-state index in [0.29, 0.717) is 12.8 Å². The predicted octanol–water partition coefficient (Wildman–Crippen LogP) is 2.00. The summed E-state index contributed by atoms with van der Waals surface area (Å²) in [7, 11) is -2.98. The van der Waals surface area contributed by atoms with Crippen molar-refractivity contribution >= 4 is 31.6 Å². The molecule has 1 saturated heterocycles. The van der Waals surface area contributed by atoms with Crippen molar-refractivity contribution in [2.75, 3.05) is 11.5 Å². The van der Waals surface area contributed by atoms with Crippen molar-refractivity contribution in [3.8, 4) is 0 Å². The minimum atomic E-state index is -2.98. The Labute approximate surface area is 109 Å². The van der Waals surface area contributed by atoms with Gasteiger partial charge in [-0.1, -0.05) is 34.1 Å². The van der Waals surface area contributed by atoms with E-state index in [1.54, 1.807) is 0 Å². The van der Waals surface area contributed by atoms with Gasteiger partial charge in [-0.15, -0.1) is 0 Å². The monoisotopic (exact) mass is 316 g/mol. The summed E-state index contributed by atoms with van der Waals surface area (Å²) in [5.74, 6) is -0.111. The van der Waals surface area contributed by atoms with Crippen molar-refractivity contribution in [3.05, 3.63) is 34.3 Å². The van der Waals surface area contributed by atoms with Gasteiger partial charge in [0.25, 0.3) is 0 Å². The van der Waals surface area contributed by atoms with Gasteiger partial charge in [-0.2, -0.15) is 0 Å². The van der Waals surface area contributed by atoms with Gasteiger partial charge in [0.1, 0.15) is 5.78 Å². The molecule has 1 atom stereocenters. The first-order chi connectivity index (χ1) is 7.98. The zero-order valence-corrected chi connectivity index (χ0v) is 11.6. The van der Waals surface area contributed by atoms with Gasteiger partial charge in [-0.3, -0.25) is 4.79 Å². The number of carbonyl (C=O) groups excluding carboxylic acids is 1. The quantitative estimate of drug-likeness (QED) is 0.857. The first kappa shape index (κ1) is 12.8. The van der Waals surface area contributed by atoms with Crippen molar-refractivity contribution in [1.82, 2.24) is 0 Å². The van der Waals surface area contributed by atoms with Crippen LogP contribution in [0.2, 0.25) is 0 Å².